The van der Waals surface area contributed by atoms with Crippen molar-refractivity contribution in [2.24, 2.45) is 0 Å². The van der Waals surface area contributed by atoms with E-state index in [0.717, 1.165) is 0 Å². The molecule has 4 rings (SSSR count). The van der Waals surface area contributed by atoms with Gasteiger partial charge in [-0.1, -0.05) is 11.6 Å². The van der Waals surface area contributed by atoms with Crippen LogP contribution in [0.2, 0.25) is 5.02 Å². The fourth-order valence-corrected chi connectivity index (χ4v) is 3.95. The maximum Gasteiger partial charge on any atom is 0.226 e. The van der Waals surface area contributed by atoms with E-state index in [1.807, 2.05) is 4.90 Å². The molecule has 3 aromatic rings. The lowest BCUT2D eigenvalue weighted by Gasteiger charge is -2.33. The molecule has 0 aliphatic carbocycles. The molecule has 1 aliphatic heterocycles. The molecule has 2 aromatic heterocycles. The minimum absolute atomic E-state index is 0.182. The van der Waals surface area contributed by atoms with Crippen molar-refractivity contribution >= 4 is 40.7 Å². The van der Waals surface area contributed by atoms with Crippen LogP contribution in [0.5, 0.6) is 0 Å². The van der Waals surface area contributed by atoms with Crippen LogP contribution in [0, 0.1) is 12.7 Å². The molecule has 3 heterocycles. The summed E-state index contributed by atoms with van der Waals surface area (Å²) in [6.45, 7) is 3.63. The first kappa shape index (κ1) is 25.4. The summed E-state index contributed by atoms with van der Waals surface area (Å²) in [6, 6.07) is 8.52. The van der Waals surface area contributed by atoms with E-state index in [1.54, 1.807) is 31.3 Å². The van der Waals surface area contributed by atoms with E-state index in [-0.39, 0.29) is 24.4 Å². The number of carboxylic acid groups (broad SMARTS) is 1. The number of aryl methyl sites for hydroxylation is 1. The van der Waals surface area contributed by atoms with Crippen LogP contribution in [0.4, 0.5) is 21.6 Å². The van der Waals surface area contributed by atoms with Crippen molar-refractivity contribution in [1.29, 1.82) is 0 Å². The second kappa shape index (κ2) is 11.4. The summed E-state index contributed by atoms with van der Waals surface area (Å²) in [5.41, 5.74) is 2.38. The molecule has 3 N–H and O–H groups in total. The van der Waals surface area contributed by atoms with Crippen LogP contribution in [-0.2, 0) is 9.59 Å². The Kier molecular flexibility index (Phi) is 8.04. The van der Waals surface area contributed by atoms with Crippen molar-refractivity contribution in [2.75, 3.05) is 36.8 Å². The number of amides is 1. The Morgan fingerprint density at radius 3 is 2.89 bits per heavy atom. The van der Waals surface area contributed by atoms with Gasteiger partial charge in [0, 0.05) is 61.1 Å². The second-order valence-corrected chi connectivity index (χ2v) is 8.77. The molecule has 0 saturated carbocycles. The van der Waals surface area contributed by atoms with Gasteiger partial charge in [0.15, 0.2) is 0 Å². The van der Waals surface area contributed by atoms with Crippen LogP contribution >= 0.6 is 11.6 Å². The summed E-state index contributed by atoms with van der Waals surface area (Å²) >= 11 is 6.01. The van der Waals surface area contributed by atoms with Crippen molar-refractivity contribution in [3.8, 4) is 11.3 Å². The minimum atomic E-state index is -1.15. The molecule has 1 fully saturated rings. The molecule has 188 valence electrons. The van der Waals surface area contributed by atoms with Crippen molar-refractivity contribution in [3.05, 3.63) is 59.1 Å². The van der Waals surface area contributed by atoms with Crippen LogP contribution in [0.1, 0.15) is 12.1 Å². The van der Waals surface area contributed by atoms with Crippen LogP contribution in [0.15, 0.2) is 42.6 Å². The van der Waals surface area contributed by atoms with Gasteiger partial charge in [-0.05, 0) is 37.3 Å². The predicted octanol–water partition coefficient (Wildman–Crippen LogP) is 1.74. The third kappa shape index (κ3) is 6.51. The van der Waals surface area contributed by atoms with Gasteiger partial charge in [0.1, 0.15) is 11.6 Å². The average Bonchev–Trinajstić information content (AvgIpc) is 2.86. The van der Waals surface area contributed by atoms with E-state index < -0.39 is 17.8 Å². The van der Waals surface area contributed by atoms with E-state index >= 15 is 0 Å². The number of nitrogens with one attached hydrogen (secondary N) is 3. The van der Waals surface area contributed by atoms with Crippen LogP contribution < -0.4 is 21.1 Å². The fourth-order valence-electron chi connectivity index (χ4n) is 3.77. The Bertz CT molecular complexity index is 1280. The summed E-state index contributed by atoms with van der Waals surface area (Å²) in [7, 11) is 0. The zero-order valence-electron chi connectivity index (χ0n) is 19.4. The number of piperazine rings is 1. The Morgan fingerprint density at radius 2 is 2.08 bits per heavy atom. The number of benzene rings is 1. The standard InChI is InChI=1S/C24H25ClFN7O3/c1-14-19(12-20(32-31-14)17-10-15(25)2-3-18(17)26)29-16-4-6-28-22(11-16)30-23(34)5-8-33-9-7-27-21(13-33)24(35)36/h2-4,6,10-12,21,27H,5,7-9,13H2,1H3,(H,35,36)(H2,28,29,30,32,34)/p-1. The number of hydrogen-bond donors (Lipinski definition) is 3. The Balaban J connectivity index is 1.39. The number of hydrogen-bond acceptors (Lipinski definition) is 9. The van der Waals surface area contributed by atoms with Crippen molar-refractivity contribution in [2.45, 2.75) is 19.4 Å². The first-order chi connectivity index (χ1) is 17.3. The van der Waals surface area contributed by atoms with Gasteiger partial charge >= 0.3 is 0 Å². The van der Waals surface area contributed by atoms with Gasteiger partial charge in [-0.15, -0.1) is 0 Å². The maximum absolute atomic E-state index is 14.3. The number of halogens is 2. The lowest BCUT2D eigenvalue weighted by atomic mass is 10.1. The second-order valence-electron chi connectivity index (χ2n) is 8.33. The number of pyridine rings is 1. The highest BCUT2D eigenvalue weighted by Crippen LogP contribution is 2.28. The van der Waals surface area contributed by atoms with Crippen molar-refractivity contribution in [1.82, 2.24) is 25.4 Å². The highest BCUT2D eigenvalue weighted by atomic mass is 35.5. The van der Waals surface area contributed by atoms with Gasteiger partial charge < -0.3 is 25.9 Å². The van der Waals surface area contributed by atoms with E-state index in [1.165, 1.54) is 18.2 Å². The number of rotatable bonds is 8. The van der Waals surface area contributed by atoms with Crippen LogP contribution in [0.25, 0.3) is 11.3 Å². The highest BCUT2D eigenvalue weighted by molar-refractivity contribution is 6.30. The van der Waals surface area contributed by atoms with Crippen LogP contribution in [-0.4, -0.2) is 64.2 Å². The molecule has 12 heteroatoms. The predicted molar refractivity (Wildman–Crippen MR) is 131 cm³/mol. The van der Waals surface area contributed by atoms with Crippen molar-refractivity contribution in [3.63, 3.8) is 0 Å². The number of carboxylic acids is 1. The van der Waals surface area contributed by atoms with Gasteiger partial charge in [-0.3, -0.25) is 9.69 Å². The molecule has 1 aromatic carbocycles. The Morgan fingerprint density at radius 1 is 1.25 bits per heavy atom. The summed E-state index contributed by atoms with van der Waals surface area (Å²) in [6.07, 6.45) is 1.72. The molecule has 36 heavy (non-hydrogen) atoms. The molecule has 1 unspecified atom stereocenters. The lowest BCUT2D eigenvalue weighted by molar-refractivity contribution is -0.309. The summed E-state index contributed by atoms with van der Waals surface area (Å²) < 4.78 is 14.3. The number of aliphatic carboxylic acids is 1. The number of carbonyl (C=O) groups excluding carboxylic acids is 2. The number of anilines is 3. The van der Waals surface area contributed by atoms with Gasteiger partial charge in [0.2, 0.25) is 5.91 Å². The SMILES string of the molecule is Cc1nnc(-c2cc(Cl)ccc2F)cc1Nc1ccnc(NC(=O)CCN2CCNC(C(=O)[O-])C2)c1. The van der Waals surface area contributed by atoms with E-state index in [9.17, 15) is 19.1 Å². The fraction of sp³-hybridized carbons (Fsp3) is 0.292. The number of nitrogens with zero attached hydrogens (tertiary/aromatic N) is 4. The molecule has 10 nitrogen and oxygen atoms in total. The van der Waals surface area contributed by atoms with Crippen LogP contribution in [0.3, 0.4) is 0 Å². The molecule has 1 aliphatic rings. The summed E-state index contributed by atoms with van der Waals surface area (Å²) in [5, 5.41) is 28.5. The molecule has 0 spiro atoms. The van der Waals surface area contributed by atoms with Crippen molar-refractivity contribution < 1.29 is 19.1 Å². The van der Waals surface area contributed by atoms with Gasteiger partial charge in [-0.2, -0.15) is 10.2 Å². The normalized spacial score (nSPS) is 15.9. The molecule has 1 atom stereocenters. The van der Waals surface area contributed by atoms with Gasteiger partial charge in [-0.25, -0.2) is 9.37 Å². The summed E-state index contributed by atoms with van der Waals surface area (Å²) in [5.74, 6) is -1.52. The quantitative estimate of drug-likeness (QED) is 0.412. The molecule has 0 radical (unpaired) electrons. The monoisotopic (exact) mass is 512 g/mol. The maximum atomic E-state index is 14.3. The topological polar surface area (TPSA) is 135 Å². The first-order valence-corrected chi connectivity index (χ1v) is 11.7. The Hall–Kier alpha value is -3.67. The molecule has 1 amide bonds. The highest BCUT2D eigenvalue weighted by Gasteiger charge is 2.20. The number of carbonyl (C=O) groups is 2. The van der Waals surface area contributed by atoms with Gasteiger partial charge in [0.25, 0.3) is 0 Å². The zero-order valence-corrected chi connectivity index (χ0v) is 20.2. The van der Waals surface area contributed by atoms with E-state index in [4.69, 9.17) is 11.6 Å². The lowest BCUT2D eigenvalue weighted by Crippen LogP contribution is -2.58. The third-order valence-corrected chi connectivity index (χ3v) is 5.92. The third-order valence-electron chi connectivity index (χ3n) is 5.69. The molecule has 1 saturated heterocycles. The van der Waals surface area contributed by atoms with E-state index in [0.29, 0.717) is 53.2 Å². The Labute approximate surface area is 211 Å². The molecule has 0 bridgehead atoms. The molecular weight excluding hydrogens is 489 g/mol. The minimum Gasteiger partial charge on any atom is -0.548 e. The average molecular weight is 513 g/mol. The van der Waals surface area contributed by atoms with Gasteiger partial charge in [0.05, 0.1) is 29.1 Å². The number of aromatic nitrogens is 3. The summed E-state index contributed by atoms with van der Waals surface area (Å²) in [4.78, 5) is 29.6. The first-order valence-electron chi connectivity index (χ1n) is 11.3. The zero-order chi connectivity index (χ0) is 25.7. The largest absolute Gasteiger partial charge is 0.548 e. The smallest absolute Gasteiger partial charge is 0.226 e. The van der Waals surface area contributed by atoms with E-state index in [2.05, 4.69) is 31.1 Å². The molecular formula is C24H24ClFN7O3-.